The van der Waals surface area contributed by atoms with Gasteiger partial charge in [-0.05, 0) is 50.7 Å². The molecule has 0 atom stereocenters. The summed E-state index contributed by atoms with van der Waals surface area (Å²) in [6.07, 6.45) is -3.27. The van der Waals surface area contributed by atoms with E-state index in [2.05, 4.69) is 11.6 Å². The van der Waals surface area contributed by atoms with Crippen LogP contribution in [-0.4, -0.2) is 24.1 Å². The summed E-state index contributed by atoms with van der Waals surface area (Å²) in [5.41, 5.74) is -3.32. The van der Waals surface area contributed by atoms with Crippen LogP contribution in [0.1, 0.15) is 38.2 Å². The Morgan fingerprint density at radius 3 is 2.35 bits per heavy atom. The number of sulfone groups is 1. The zero-order chi connectivity index (χ0) is 23.2. The van der Waals surface area contributed by atoms with Gasteiger partial charge < -0.3 is 5.11 Å². The van der Waals surface area contributed by atoms with Crippen molar-refractivity contribution in [3.63, 3.8) is 0 Å². The maximum absolute atomic E-state index is 14.0. The topological polar surface area (TPSA) is 67.3 Å². The molecule has 0 aliphatic heterocycles. The van der Waals surface area contributed by atoms with Crippen molar-refractivity contribution in [1.29, 1.82) is 0 Å². The molecule has 0 unspecified atom stereocenters. The first-order chi connectivity index (χ1) is 14.2. The van der Waals surface area contributed by atoms with Gasteiger partial charge in [-0.1, -0.05) is 12.6 Å². The molecular formula is C21H20F5NO3S. The fraction of sp³-hybridized carbons (Fsp3) is 0.381. The standard InChI is InChI=1S/C21H20F5NO3S/c1-12(13-5-7-20(2,28)8-6-13)31(29,30)18-4-3-14(9-16(18)21(24,25)26)19-17(23)10-15(22)11-27-19/h3-4,9-11,13,28H,1,5-8H2,2H3. The van der Waals surface area contributed by atoms with E-state index in [0.29, 0.717) is 31.2 Å². The fourth-order valence-corrected chi connectivity index (χ4v) is 5.35. The van der Waals surface area contributed by atoms with Crippen LogP contribution in [-0.2, 0) is 16.0 Å². The van der Waals surface area contributed by atoms with Gasteiger partial charge in [0.15, 0.2) is 5.82 Å². The first kappa shape index (κ1) is 23.3. The number of benzene rings is 1. The van der Waals surface area contributed by atoms with Gasteiger partial charge in [-0.2, -0.15) is 13.2 Å². The Morgan fingerprint density at radius 2 is 1.81 bits per heavy atom. The van der Waals surface area contributed by atoms with E-state index in [9.17, 15) is 35.5 Å². The van der Waals surface area contributed by atoms with Gasteiger partial charge in [-0.15, -0.1) is 0 Å². The first-order valence-electron chi connectivity index (χ1n) is 9.41. The highest BCUT2D eigenvalue weighted by atomic mass is 32.2. The molecule has 4 nitrogen and oxygen atoms in total. The van der Waals surface area contributed by atoms with Crippen molar-refractivity contribution in [3.8, 4) is 11.3 Å². The highest BCUT2D eigenvalue weighted by Crippen LogP contribution is 2.42. The lowest BCUT2D eigenvalue weighted by atomic mass is 9.80. The summed E-state index contributed by atoms with van der Waals surface area (Å²) in [6.45, 7) is 5.17. The van der Waals surface area contributed by atoms with Crippen LogP contribution in [0, 0.1) is 17.6 Å². The lowest BCUT2D eigenvalue weighted by Crippen LogP contribution is -2.32. The van der Waals surface area contributed by atoms with E-state index < -0.39 is 55.3 Å². The molecule has 2 aromatic rings. The predicted octanol–water partition coefficient (Wildman–Crippen LogP) is 5.27. The number of halogens is 5. The Labute approximate surface area is 176 Å². The lowest BCUT2D eigenvalue weighted by Gasteiger charge is -2.33. The Morgan fingerprint density at radius 1 is 1.19 bits per heavy atom. The van der Waals surface area contributed by atoms with Crippen LogP contribution in [0.3, 0.4) is 0 Å². The summed E-state index contributed by atoms with van der Waals surface area (Å²) >= 11 is 0. The van der Waals surface area contributed by atoms with E-state index >= 15 is 0 Å². The lowest BCUT2D eigenvalue weighted by molar-refractivity contribution is -0.139. The number of nitrogens with zero attached hydrogens (tertiary/aromatic N) is 1. The van der Waals surface area contributed by atoms with Crippen molar-refractivity contribution in [3.05, 3.63) is 59.1 Å². The van der Waals surface area contributed by atoms with Gasteiger partial charge >= 0.3 is 6.18 Å². The third-order valence-electron chi connectivity index (χ3n) is 5.52. The largest absolute Gasteiger partial charge is 0.417 e. The average molecular weight is 461 g/mol. The summed E-state index contributed by atoms with van der Waals surface area (Å²) in [7, 11) is -4.58. The monoisotopic (exact) mass is 461 g/mol. The minimum Gasteiger partial charge on any atom is -0.390 e. The molecule has 1 aromatic carbocycles. The van der Waals surface area contributed by atoms with Crippen LogP contribution < -0.4 is 0 Å². The summed E-state index contributed by atoms with van der Waals surface area (Å²) < 4.78 is 94.3. The van der Waals surface area contributed by atoms with Crippen LogP contribution in [0.2, 0.25) is 0 Å². The second kappa shape index (κ2) is 7.98. The number of hydrogen-bond acceptors (Lipinski definition) is 4. The first-order valence-corrected chi connectivity index (χ1v) is 10.9. The number of aliphatic hydroxyl groups is 1. The molecule has 1 aromatic heterocycles. The summed E-state index contributed by atoms with van der Waals surface area (Å²) in [4.78, 5) is 2.13. The van der Waals surface area contributed by atoms with Crippen LogP contribution in [0.25, 0.3) is 11.3 Å². The quantitative estimate of drug-likeness (QED) is 0.630. The molecule has 10 heteroatoms. The molecule has 1 aliphatic carbocycles. The Kier molecular flexibility index (Phi) is 6.01. The molecule has 1 aliphatic rings. The number of hydrogen-bond donors (Lipinski definition) is 1. The summed E-state index contributed by atoms with van der Waals surface area (Å²) in [5, 5.41) is 10.0. The van der Waals surface area contributed by atoms with E-state index in [-0.39, 0.29) is 23.3 Å². The highest BCUT2D eigenvalue weighted by molar-refractivity contribution is 7.95. The predicted molar refractivity (Wildman–Crippen MR) is 103 cm³/mol. The molecule has 3 rings (SSSR count). The molecular weight excluding hydrogens is 441 g/mol. The Bertz CT molecular complexity index is 1120. The molecule has 0 amide bonds. The van der Waals surface area contributed by atoms with Crippen LogP contribution in [0.4, 0.5) is 22.0 Å². The van der Waals surface area contributed by atoms with Crippen LogP contribution in [0.15, 0.2) is 46.8 Å². The highest BCUT2D eigenvalue weighted by Gasteiger charge is 2.41. The molecule has 0 radical (unpaired) electrons. The third kappa shape index (κ3) is 4.79. The maximum Gasteiger partial charge on any atom is 0.417 e. The van der Waals surface area contributed by atoms with E-state index in [0.717, 1.165) is 12.1 Å². The molecule has 1 fully saturated rings. The van der Waals surface area contributed by atoms with Crippen molar-refractivity contribution in [2.45, 2.75) is 49.3 Å². The normalized spacial score (nSPS) is 22.4. The fourth-order valence-electron chi connectivity index (χ4n) is 3.68. The smallest absolute Gasteiger partial charge is 0.390 e. The minimum atomic E-state index is -5.06. The van der Waals surface area contributed by atoms with Gasteiger partial charge in [-0.25, -0.2) is 17.2 Å². The van der Waals surface area contributed by atoms with Crippen molar-refractivity contribution >= 4 is 9.84 Å². The number of pyridine rings is 1. The van der Waals surface area contributed by atoms with E-state index in [1.165, 1.54) is 0 Å². The zero-order valence-electron chi connectivity index (χ0n) is 16.5. The van der Waals surface area contributed by atoms with Gasteiger partial charge in [0.25, 0.3) is 0 Å². The van der Waals surface area contributed by atoms with Crippen molar-refractivity contribution in [2.24, 2.45) is 5.92 Å². The second-order valence-corrected chi connectivity index (χ2v) is 9.90. The second-order valence-electron chi connectivity index (χ2n) is 7.93. The number of aromatic nitrogens is 1. The molecule has 0 bridgehead atoms. The molecule has 31 heavy (non-hydrogen) atoms. The third-order valence-corrected chi connectivity index (χ3v) is 7.48. The van der Waals surface area contributed by atoms with Crippen molar-refractivity contribution in [1.82, 2.24) is 4.98 Å². The van der Waals surface area contributed by atoms with Gasteiger partial charge in [0.05, 0.1) is 22.3 Å². The average Bonchev–Trinajstić information content (AvgIpc) is 2.66. The Balaban J connectivity index is 2.05. The van der Waals surface area contributed by atoms with Gasteiger partial charge in [0, 0.05) is 16.5 Å². The number of alkyl halides is 3. The molecule has 0 spiro atoms. The molecule has 1 saturated carbocycles. The molecule has 0 saturated heterocycles. The van der Waals surface area contributed by atoms with Gasteiger partial charge in [-0.3, -0.25) is 4.98 Å². The van der Waals surface area contributed by atoms with Crippen LogP contribution in [0.5, 0.6) is 0 Å². The zero-order valence-corrected chi connectivity index (χ0v) is 17.3. The van der Waals surface area contributed by atoms with Crippen molar-refractivity contribution in [2.75, 3.05) is 0 Å². The van der Waals surface area contributed by atoms with Crippen LogP contribution >= 0.6 is 0 Å². The molecule has 1 heterocycles. The van der Waals surface area contributed by atoms with E-state index in [4.69, 9.17) is 0 Å². The van der Waals surface area contributed by atoms with E-state index in [1.807, 2.05) is 0 Å². The van der Waals surface area contributed by atoms with Gasteiger partial charge in [0.2, 0.25) is 9.84 Å². The Hall–Kier alpha value is -2.33. The molecule has 168 valence electrons. The summed E-state index contributed by atoms with van der Waals surface area (Å²) in [5.74, 6) is -2.77. The van der Waals surface area contributed by atoms with E-state index in [1.54, 1.807) is 6.92 Å². The molecule has 1 N–H and O–H groups in total. The number of allylic oxidation sites excluding steroid dienone is 1. The number of rotatable bonds is 4. The SMILES string of the molecule is C=C(C1CCC(C)(O)CC1)S(=O)(=O)c1ccc(-c2ncc(F)cc2F)cc1C(F)(F)F. The summed E-state index contributed by atoms with van der Waals surface area (Å²) in [6, 6.07) is 2.68. The minimum absolute atomic E-state index is 0.273. The van der Waals surface area contributed by atoms with Crippen molar-refractivity contribution < 1.29 is 35.5 Å². The maximum atomic E-state index is 14.0. The van der Waals surface area contributed by atoms with Gasteiger partial charge in [0.1, 0.15) is 11.5 Å².